The molecule has 0 aliphatic carbocycles. The van der Waals surface area contributed by atoms with Gasteiger partial charge in [0.05, 0.1) is 6.04 Å². The van der Waals surface area contributed by atoms with Crippen molar-refractivity contribution in [2.45, 2.75) is 52.3 Å². The standard InChI is InChI=1S/C14H22N2O2S/c1-9-12-10(7-11(8-15)19-12)5-6-16(9)13(17)18-14(2,3)4/h7,9H,5-6,8,15H2,1-4H3. The van der Waals surface area contributed by atoms with Gasteiger partial charge in [0, 0.05) is 22.8 Å². The van der Waals surface area contributed by atoms with E-state index in [0.29, 0.717) is 13.1 Å². The molecule has 1 unspecified atom stereocenters. The van der Waals surface area contributed by atoms with Crippen LogP contribution in [0.25, 0.3) is 0 Å². The minimum Gasteiger partial charge on any atom is -0.444 e. The Kier molecular flexibility index (Phi) is 3.87. The van der Waals surface area contributed by atoms with E-state index in [4.69, 9.17) is 10.5 Å². The van der Waals surface area contributed by atoms with Crippen LogP contribution in [0.4, 0.5) is 4.79 Å². The average Bonchev–Trinajstić information content (AvgIpc) is 2.71. The first-order valence-corrected chi connectivity index (χ1v) is 7.44. The van der Waals surface area contributed by atoms with E-state index in [0.717, 1.165) is 6.42 Å². The monoisotopic (exact) mass is 282 g/mol. The van der Waals surface area contributed by atoms with Crippen molar-refractivity contribution in [1.82, 2.24) is 4.90 Å². The topological polar surface area (TPSA) is 55.6 Å². The third-order valence-electron chi connectivity index (χ3n) is 3.19. The molecule has 1 atom stereocenters. The van der Waals surface area contributed by atoms with Crippen LogP contribution in [0.2, 0.25) is 0 Å². The first-order chi connectivity index (χ1) is 8.81. The molecule has 0 bridgehead atoms. The second-order valence-electron chi connectivity index (χ2n) is 5.91. The highest BCUT2D eigenvalue weighted by Crippen LogP contribution is 2.36. The lowest BCUT2D eigenvalue weighted by Crippen LogP contribution is -2.41. The summed E-state index contributed by atoms with van der Waals surface area (Å²) in [5, 5.41) is 0. The second-order valence-corrected chi connectivity index (χ2v) is 7.07. The number of nitrogens with zero attached hydrogens (tertiary/aromatic N) is 1. The van der Waals surface area contributed by atoms with Crippen molar-refractivity contribution in [3.05, 3.63) is 21.4 Å². The Balaban J connectivity index is 2.16. The number of carbonyl (C=O) groups is 1. The molecule has 0 saturated carbocycles. The summed E-state index contributed by atoms with van der Waals surface area (Å²) in [5.74, 6) is 0. The zero-order valence-corrected chi connectivity index (χ0v) is 12.8. The van der Waals surface area contributed by atoms with Crippen LogP contribution < -0.4 is 5.73 Å². The summed E-state index contributed by atoms with van der Waals surface area (Å²) in [6.07, 6.45) is 0.656. The van der Waals surface area contributed by atoms with Crippen molar-refractivity contribution >= 4 is 17.4 Å². The van der Waals surface area contributed by atoms with Gasteiger partial charge in [-0.1, -0.05) is 0 Å². The Morgan fingerprint density at radius 3 is 2.84 bits per heavy atom. The number of fused-ring (bicyclic) bond motifs is 1. The number of hydrogen-bond donors (Lipinski definition) is 1. The quantitative estimate of drug-likeness (QED) is 0.861. The molecule has 1 aliphatic rings. The molecule has 1 amide bonds. The first-order valence-electron chi connectivity index (χ1n) is 6.63. The number of hydrogen-bond acceptors (Lipinski definition) is 4. The molecule has 2 N–H and O–H groups in total. The molecule has 5 heteroatoms. The van der Waals surface area contributed by atoms with Crippen LogP contribution >= 0.6 is 11.3 Å². The predicted molar refractivity (Wildman–Crippen MR) is 77.3 cm³/mol. The minimum atomic E-state index is -0.449. The molecule has 19 heavy (non-hydrogen) atoms. The molecule has 106 valence electrons. The van der Waals surface area contributed by atoms with Crippen LogP contribution in [-0.4, -0.2) is 23.1 Å². The molecule has 1 aromatic heterocycles. The van der Waals surface area contributed by atoms with Gasteiger partial charge >= 0.3 is 6.09 Å². The Morgan fingerprint density at radius 2 is 2.26 bits per heavy atom. The van der Waals surface area contributed by atoms with Gasteiger partial charge in [-0.25, -0.2) is 4.79 Å². The fourth-order valence-electron chi connectivity index (χ4n) is 2.30. The van der Waals surface area contributed by atoms with Crippen molar-refractivity contribution in [2.24, 2.45) is 5.73 Å². The highest BCUT2D eigenvalue weighted by atomic mass is 32.1. The molecule has 2 heterocycles. The van der Waals surface area contributed by atoms with E-state index >= 15 is 0 Å². The van der Waals surface area contributed by atoms with Gasteiger partial charge in [0.1, 0.15) is 5.60 Å². The van der Waals surface area contributed by atoms with Crippen LogP contribution in [0.15, 0.2) is 6.07 Å². The average molecular weight is 282 g/mol. The predicted octanol–water partition coefficient (Wildman–Crippen LogP) is 3.06. The molecule has 0 spiro atoms. The molecule has 2 rings (SSSR count). The fourth-order valence-corrected chi connectivity index (χ4v) is 3.45. The summed E-state index contributed by atoms with van der Waals surface area (Å²) in [6, 6.07) is 2.24. The molecule has 1 aromatic rings. The van der Waals surface area contributed by atoms with Crippen LogP contribution in [0.5, 0.6) is 0 Å². The lowest BCUT2D eigenvalue weighted by atomic mass is 10.0. The summed E-state index contributed by atoms with van der Waals surface area (Å²) in [7, 11) is 0. The van der Waals surface area contributed by atoms with Gasteiger partial charge in [-0.05, 0) is 45.7 Å². The van der Waals surface area contributed by atoms with E-state index in [9.17, 15) is 4.79 Å². The Bertz CT molecular complexity index is 476. The highest BCUT2D eigenvalue weighted by Gasteiger charge is 2.32. The number of thiophene rings is 1. The van der Waals surface area contributed by atoms with Gasteiger partial charge in [-0.2, -0.15) is 0 Å². The third-order valence-corrected chi connectivity index (χ3v) is 4.56. The number of nitrogens with two attached hydrogens (primary N) is 1. The minimum absolute atomic E-state index is 0.0731. The maximum atomic E-state index is 12.2. The SMILES string of the molecule is CC1c2sc(CN)cc2CCN1C(=O)OC(C)(C)C. The fraction of sp³-hybridized carbons (Fsp3) is 0.643. The molecular weight excluding hydrogens is 260 g/mol. The Labute approximate surface area is 118 Å². The van der Waals surface area contributed by atoms with Crippen LogP contribution in [0.3, 0.4) is 0 Å². The maximum Gasteiger partial charge on any atom is 0.410 e. The number of amides is 1. The van der Waals surface area contributed by atoms with E-state index in [1.54, 1.807) is 11.3 Å². The summed E-state index contributed by atoms with van der Waals surface area (Å²) in [5.41, 5.74) is 6.57. The van der Waals surface area contributed by atoms with Gasteiger partial charge in [0.15, 0.2) is 0 Å². The van der Waals surface area contributed by atoms with E-state index in [-0.39, 0.29) is 12.1 Å². The van der Waals surface area contributed by atoms with Crippen molar-refractivity contribution in [3.63, 3.8) is 0 Å². The third kappa shape index (κ3) is 3.09. The van der Waals surface area contributed by atoms with Crippen molar-refractivity contribution < 1.29 is 9.53 Å². The highest BCUT2D eigenvalue weighted by molar-refractivity contribution is 7.12. The maximum absolute atomic E-state index is 12.2. The summed E-state index contributed by atoms with van der Waals surface area (Å²) >= 11 is 1.71. The van der Waals surface area contributed by atoms with Gasteiger partial charge in [-0.3, -0.25) is 0 Å². The summed E-state index contributed by atoms with van der Waals surface area (Å²) in [6.45, 7) is 9.01. The van der Waals surface area contributed by atoms with Crippen LogP contribution in [0.1, 0.15) is 49.1 Å². The zero-order chi connectivity index (χ0) is 14.2. The van der Waals surface area contributed by atoms with E-state index < -0.39 is 5.60 Å². The molecule has 1 aliphatic heterocycles. The van der Waals surface area contributed by atoms with Gasteiger partial charge in [0.2, 0.25) is 0 Å². The molecule has 0 radical (unpaired) electrons. The lowest BCUT2D eigenvalue weighted by Gasteiger charge is -2.34. The Hall–Kier alpha value is -1.07. The smallest absolute Gasteiger partial charge is 0.410 e. The van der Waals surface area contributed by atoms with Crippen LogP contribution in [0, 0.1) is 0 Å². The molecule has 0 aromatic carbocycles. The van der Waals surface area contributed by atoms with Gasteiger partial charge in [0.25, 0.3) is 0 Å². The van der Waals surface area contributed by atoms with Gasteiger partial charge in [-0.15, -0.1) is 11.3 Å². The van der Waals surface area contributed by atoms with E-state index in [2.05, 4.69) is 13.0 Å². The van der Waals surface area contributed by atoms with E-state index in [1.165, 1.54) is 15.3 Å². The summed E-state index contributed by atoms with van der Waals surface area (Å²) < 4.78 is 5.46. The summed E-state index contributed by atoms with van der Waals surface area (Å²) in [4.78, 5) is 16.4. The van der Waals surface area contributed by atoms with Crippen molar-refractivity contribution in [1.29, 1.82) is 0 Å². The van der Waals surface area contributed by atoms with Crippen molar-refractivity contribution in [3.8, 4) is 0 Å². The molecule has 0 fully saturated rings. The van der Waals surface area contributed by atoms with Crippen molar-refractivity contribution in [2.75, 3.05) is 6.54 Å². The second kappa shape index (κ2) is 5.13. The first kappa shape index (κ1) is 14.3. The molecule has 0 saturated heterocycles. The Morgan fingerprint density at radius 1 is 1.58 bits per heavy atom. The normalized spacial score (nSPS) is 19.2. The largest absolute Gasteiger partial charge is 0.444 e. The van der Waals surface area contributed by atoms with Crippen LogP contribution in [-0.2, 0) is 17.7 Å². The molecule has 4 nitrogen and oxygen atoms in total. The number of carbonyl (C=O) groups excluding carboxylic acids is 1. The molecular formula is C14H22N2O2S. The number of rotatable bonds is 1. The van der Waals surface area contributed by atoms with E-state index in [1.807, 2.05) is 25.7 Å². The zero-order valence-electron chi connectivity index (χ0n) is 12.0. The lowest BCUT2D eigenvalue weighted by molar-refractivity contribution is 0.0164. The van der Waals surface area contributed by atoms with Gasteiger partial charge < -0.3 is 15.4 Å². The number of ether oxygens (including phenoxy) is 1.